The second-order valence-electron chi connectivity index (χ2n) is 4.36. The van der Waals surface area contributed by atoms with Crippen LogP contribution in [0.3, 0.4) is 0 Å². The summed E-state index contributed by atoms with van der Waals surface area (Å²) in [5.74, 6) is -0.221. The van der Waals surface area contributed by atoms with Crippen LogP contribution in [0.4, 0.5) is 4.39 Å². The average molecular weight is 328 g/mol. The van der Waals surface area contributed by atoms with Gasteiger partial charge in [0.15, 0.2) is 0 Å². The number of alkyl halides is 1. The van der Waals surface area contributed by atoms with Crippen LogP contribution in [0.1, 0.15) is 22.1 Å². The molecule has 2 aromatic carbocycles. The largest absolute Gasteiger partial charge is 0.207 e. The van der Waals surface area contributed by atoms with E-state index in [-0.39, 0.29) is 11.2 Å². The lowest BCUT2D eigenvalue weighted by atomic mass is 10.0. The maximum atomic E-state index is 13.1. The first-order valence-corrected chi connectivity index (χ1v) is 6.93. The Balaban J connectivity index is 2.19. The van der Waals surface area contributed by atoms with Crippen molar-refractivity contribution in [2.75, 3.05) is 0 Å². The zero-order valence-electron chi connectivity index (χ0n) is 9.96. The summed E-state index contributed by atoms with van der Waals surface area (Å²) < 4.78 is 14.1. The Labute approximate surface area is 120 Å². The number of hydrogen-bond donors (Lipinski definition) is 0. The van der Waals surface area contributed by atoms with Crippen molar-refractivity contribution < 1.29 is 4.39 Å². The van der Waals surface area contributed by atoms with Gasteiger partial charge in [-0.1, -0.05) is 34.1 Å². The van der Waals surface area contributed by atoms with E-state index in [4.69, 9.17) is 11.6 Å². The molecule has 0 bridgehead atoms. The van der Waals surface area contributed by atoms with Crippen LogP contribution in [0.15, 0.2) is 46.9 Å². The molecule has 3 heteroatoms. The van der Waals surface area contributed by atoms with E-state index < -0.39 is 0 Å². The predicted molar refractivity (Wildman–Crippen MR) is 77.6 cm³/mol. The lowest BCUT2D eigenvalue weighted by molar-refractivity contribution is 0.625. The molecule has 0 nitrogen and oxygen atoms in total. The summed E-state index contributed by atoms with van der Waals surface area (Å²) in [5, 5.41) is -0.150. The van der Waals surface area contributed by atoms with Gasteiger partial charge in [-0.05, 0) is 54.3 Å². The molecular weight excluding hydrogens is 315 g/mol. The van der Waals surface area contributed by atoms with E-state index in [1.165, 1.54) is 12.1 Å². The van der Waals surface area contributed by atoms with Crippen molar-refractivity contribution in [3.63, 3.8) is 0 Å². The molecule has 0 spiro atoms. The van der Waals surface area contributed by atoms with Crippen molar-refractivity contribution in [3.8, 4) is 0 Å². The number of aryl methyl sites for hydroxylation is 1. The van der Waals surface area contributed by atoms with Crippen LogP contribution < -0.4 is 0 Å². The SMILES string of the molecule is Cc1cc(Br)cc(C(Cl)Cc2cccc(F)c2)c1. The molecule has 1 atom stereocenters. The maximum Gasteiger partial charge on any atom is 0.123 e. The molecule has 0 aliphatic heterocycles. The second-order valence-corrected chi connectivity index (χ2v) is 5.81. The van der Waals surface area contributed by atoms with E-state index in [2.05, 4.69) is 22.0 Å². The van der Waals surface area contributed by atoms with Gasteiger partial charge in [0.25, 0.3) is 0 Å². The molecule has 0 N–H and O–H groups in total. The smallest absolute Gasteiger partial charge is 0.123 e. The molecule has 2 rings (SSSR count). The Morgan fingerprint density at radius 1 is 1.22 bits per heavy atom. The third-order valence-electron chi connectivity index (χ3n) is 2.73. The molecule has 0 heterocycles. The molecular formula is C15H13BrClF. The van der Waals surface area contributed by atoms with Crippen LogP contribution in [0.25, 0.3) is 0 Å². The quantitative estimate of drug-likeness (QED) is 0.660. The molecule has 0 radical (unpaired) electrons. The third-order valence-corrected chi connectivity index (χ3v) is 3.59. The third kappa shape index (κ3) is 3.56. The second kappa shape index (κ2) is 5.85. The molecule has 94 valence electrons. The van der Waals surface area contributed by atoms with E-state index in [0.717, 1.165) is 21.2 Å². The van der Waals surface area contributed by atoms with Crippen LogP contribution in [0.2, 0.25) is 0 Å². The number of rotatable bonds is 3. The van der Waals surface area contributed by atoms with Crippen molar-refractivity contribution in [2.24, 2.45) is 0 Å². The predicted octanol–water partition coefficient (Wildman–Crippen LogP) is 5.42. The van der Waals surface area contributed by atoms with E-state index in [9.17, 15) is 4.39 Å². The zero-order valence-corrected chi connectivity index (χ0v) is 12.3. The fourth-order valence-corrected chi connectivity index (χ4v) is 2.86. The summed E-state index contributed by atoms with van der Waals surface area (Å²) in [6.07, 6.45) is 0.620. The molecule has 2 aromatic rings. The molecule has 0 fully saturated rings. The van der Waals surface area contributed by atoms with Crippen LogP contribution in [0.5, 0.6) is 0 Å². The van der Waals surface area contributed by atoms with Gasteiger partial charge in [-0.2, -0.15) is 0 Å². The summed E-state index contributed by atoms with van der Waals surface area (Å²) in [6, 6.07) is 12.7. The fraction of sp³-hybridized carbons (Fsp3) is 0.200. The molecule has 0 saturated carbocycles. The van der Waals surface area contributed by atoms with Gasteiger partial charge in [0.1, 0.15) is 5.82 Å². The Bertz CT molecular complexity index is 534. The highest BCUT2D eigenvalue weighted by molar-refractivity contribution is 9.10. The van der Waals surface area contributed by atoms with Crippen LogP contribution >= 0.6 is 27.5 Å². The fourth-order valence-electron chi connectivity index (χ4n) is 1.93. The highest BCUT2D eigenvalue weighted by atomic mass is 79.9. The monoisotopic (exact) mass is 326 g/mol. The summed E-state index contributed by atoms with van der Waals surface area (Å²) in [4.78, 5) is 0. The maximum absolute atomic E-state index is 13.1. The van der Waals surface area contributed by atoms with Gasteiger partial charge in [-0.25, -0.2) is 4.39 Å². The lowest BCUT2D eigenvalue weighted by Crippen LogP contribution is -1.97. The standard InChI is InChI=1S/C15H13BrClF/c1-10-5-12(9-13(16)6-10)15(17)8-11-3-2-4-14(18)7-11/h2-7,9,15H,8H2,1H3. The Morgan fingerprint density at radius 3 is 2.67 bits per heavy atom. The van der Waals surface area contributed by atoms with Gasteiger partial charge in [-0.15, -0.1) is 11.6 Å². The summed E-state index contributed by atoms with van der Waals surface area (Å²) in [6.45, 7) is 2.03. The average Bonchev–Trinajstić information content (AvgIpc) is 2.27. The van der Waals surface area contributed by atoms with Gasteiger partial charge in [-0.3, -0.25) is 0 Å². The normalized spacial score (nSPS) is 12.4. The van der Waals surface area contributed by atoms with Gasteiger partial charge < -0.3 is 0 Å². The number of halogens is 3. The highest BCUT2D eigenvalue weighted by Crippen LogP contribution is 2.28. The van der Waals surface area contributed by atoms with E-state index in [1.54, 1.807) is 6.07 Å². The highest BCUT2D eigenvalue weighted by Gasteiger charge is 2.10. The van der Waals surface area contributed by atoms with Crippen molar-refractivity contribution in [2.45, 2.75) is 18.7 Å². The lowest BCUT2D eigenvalue weighted by Gasteiger charge is -2.11. The van der Waals surface area contributed by atoms with Crippen molar-refractivity contribution in [1.29, 1.82) is 0 Å². The zero-order chi connectivity index (χ0) is 13.1. The van der Waals surface area contributed by atoms with E-state index in [1.807, 2.05) is 25.1 Å². The van der Waals surface area contributed by atoms with Gasteiger partial charge in [0.05, 0.1) is 5.38 Å². The van der Waals surface area contributed by atoms with Crippen LogP contribution in [0, 0.1) is 12.7 Å². The topological polar surface area (TPSA) is 0 Å². The molecule has 1 unspecified atom stereocenters. The van der Waals surface area contributed by atoms with Crippen molar-refractivity contribution in [1.82, 2.24) is 0 Å². The van der Waals surface area contributed by atoms with Crippen molar-refractivity contribution >= 4 is 27.5 Å². The van der Waals surface area contributed by atoms with Gasteiger partial charge >= 0.3 is 0 Å². The Hall–Kier alpha value is -0.860. The van der Waals surface area contributed by atoms with Crippen LogP contribution in [-0.4, -0.2) is 0 Å². The van der Waals surface area contributed by atoms with Crippen LogP contribution in [-0.2, 0) is 6.42 Å². The van der Waals surface area contributed by atoms with Crippen molar-refractivity contribution in [3.05, 3.63) is 69.4 Å². The number of hydrogen-bond acceptors (Lipinski definition) is 0. The molecule has 0 saturated heterocycles. The molecule has 0 aliphatic carbocycles. The van der Waals surface area contributed by atoms with Gasteiger partial charge in [0.2, 0.25) is 0 Å². The van der Waals surface area contributed by atoms with E-state index >= 15 is 0 Å². The molecule has 0 amide bonds. The molecule has 0 aliphatic rings. The first kappa shape index (κ1) is 13.6. The molecule has 0 aromatic heterocycles. The summed E-state index contributed by atoms with van der Waals surface area (Å²) in [5.41, 5.74) is 3.12. The Morgan fingerprint density at radius 2 is 2.00 bits per heavy atom. The minimum Gasteiger partial charge on any atom is -0.207 e. The summed E-state index contributed by atoms with van der Waals surface area (Å²) >= 11 is 9.85. The first-order valence-electron chi connectivity index (χ1n) is 5.70. The van der Waals surface area contributed by atoms with Gasteiger partial charge in [0, 0.05) is 4.47 Å². The summed E-state index contributed by atoms with van der Waals surface area (Å²) in [7, 11) is 0. The first-order chi connectivity index (χ1) is 8.54. The molecule has 18 heavy (non-hydrogen) atoms. The Kier molecular flexibility index (Phi) is 4.41. The van der Waals surface area contributed by atoms with E-state index in [0.29, 0.717) is 6.42 Å². The minimum absolute atomic E-state index is 0.150. The minimum atomic E-state index is -0.221. The number of benzene rings is 2.